The monoisotopic (exact) mass is 252 g/mol. The van der Waals surface area contributed by atoms with Crippen molar-refractivity contribution in [2.24, 2.45) is 5.92 Å². The number of amides is 1. The van der Waals surface area contributed by atoms with Gasteiger partial charge in [0.2, 0.25) is 5.91 Å². The number of hydrogen-bond acceptors (Lipinski definition) is 3. The van der Waals surface area contributed by atoms with Crippen LogP contribution in [0.3, 0.4) is 0 Å². The summed E-state index contributed by atoms with van der Waals surface area (Å²) >= 11 is 0. The Bertz CT molecular complexity index is 293. The molecule has 2 atom stereocenters. The van der Waals surface area contributed by atoms with Gasteiger partial charge in [-0.3, -0.25) is 4.79 Å². The summed E-state index contributed by atoms with van der Waals surface area (Å²) in [5.74, 6) is 0.309. The SMILES string of the molecule is COC(C)CCC(=O)NC(C#N)C1CCCCC1. The average molecular weight is 252 g/mol. The Labute approximate surface area is 110 Å². The van der Waals surface area contributed by atoms with Gasteiger partial charge in [-0.05, 0) is 32.1 Å². The van der Waals surface area contributed by atoms with Crippen LogP contribution in [0.1, 0.15) is 51.9 Å². The van der Waals surface area contributed by atoms with Gasteiger partial charge >= 0.3 is 0 Å². The molecule has 1 amide bonds. The zero-order chi connectivity index (χ0) is 13.4. The van der Waals surface area contributed by atoms with Gasteiger partial charge in [0.05, 0.1) is 12.2 Å². The van der Waals surface area contributed by atoms with Gasteiger partial charge in [0.1, 0.15) is 6.04 Å². The Balaban J connectivity index is 2.33. The Morgan fingerprint density at radius 1 is 1.44 bits per heavy atom. The normalized spacial score (nSPS) is 19.8. The third-order valence-electron chi connectivity index (χ3n) is 3.76. The standard InChI is InChI=1S/C14H24N2O2/c1-11(18-2)8-9-14(17)16-13(10-15)12-6-4-3-5-7-12/h11-13H,3-9H2,1-2H3,(H,16,17). The number of methoxy groups -OCH3 is 1. The van der Waals surface area contributed by atoms with E-state index in [2.05, 4.69) is 11.4 Å². The van der Waals surface area contributed by atoms with E-state index < -0.39 is 0 Å². The van der Waals surface area contributed by atoms with Crippen molar-refractivity contribution in [1.82, 2.24) is 5.32 Å². The summed E-state index contributed by atoms with van der Waals surface area (Å²) in [6.07, 6.45) is 6.96. The first-order valence-electron chi connectivity index (χ1n) is 6.89. The highest BCUT2D eigenvalue weighted by Crippen LogP contribution is 2.26. The molecule has 0 spiro atoms. The lowest BCUT2D eigenvalue weighted by Crippen LogP contribution is -2.40. The lowest BCUT2D eigenvalue weighted by atomic mass is 9.84. The topological polar surface area (TPSA) is 62.1 Å². The highest BCUT2D eigenvalue weighted by atomic mass is 16.5. The fourth-order valence-corrected chi connectivity index (χ4v) is 2.42. The molecule has 1 rings (SSSR count). The van der Waals surface area contributed by atoms with Crippen LogP contribution in [0.5, 0.6) is 0 Å². The van der Waals surface area contributed by atoms with Crippen molar-refractivity contribution >= 4 is 5.91 Å². The molecule has 0 aliphatic heterocycles. The Morgan fingerprint density at radius 2 is 2.11 bits per heavy atom. The van der Waals surface area contributed by atoms with Gasteiger partial charge in [-0.2, -0.15) is 5.26 Å². The minimum absolute atomic E-state index is 0.0315. The molecular formula is C14H24N2O2. The van der Waals surface area contributed by atoms with Gasteiger partial charge in [0, 0.05) is 13.5 Å². The van der Waals surface area contributed by atoms with Gasteiger partial charge in [-0.25, -0.2) is 0 Å². The predicted octanol–water partition coefficient (Wildman–Crippen LogP) is 2.39. The quantitative estimate of drug-likeness (QED) is 0.789. The first-order chi connectivity index (χ1) is 8.67. The molecule has 0 heterocycles. The molecule has 0 saturated heterocycles. The molecule has 0 aromatic carbocycles. The molecule has 4 nitrogen and oxygen atoms in total. The smallest absolute Gasteiger partial charge is 0.221 e. The van der Waals surface area contributed by atoms with Crippen LogP contribution < -0.4 is 5.32 Å². The average Bonchev–Trinajstić information content (AvgIpc) is 2.43. The number of nitrogens with zero attached hydrogens (tertiary/aromatic N) is 1. The minimum Gasteiger partial charge on any atom is -0.382 e. The summed E-state index contributed by atoms with van der Waals surface area (Å²) in [5, 5.41) is 12.0. The molecule has 0 bridgehead atoms. The Kier molecular flexibility index (Phi) is 6.74. The van der Waals surface area contributed by atoms with Crippen LogP contribution >= 0.6 is 0 Å². The maximum absolute atomic E-state index is 11.8. The van der Waals surface area contributed by atoms with Crippen molar-refractivity contribution in [3.8, 4) is 6.07 Å². The fourth-order valence-electron chi connectivity index (χ4n) is 2.42. The number of carbonyl (C=O) groups excluding carboxylic acids is 1. The van der Waals surface area contributed by atoms with Crippen molar-refractivity contribution in [1.29, 1.82) is 5.26 Å². The maximum Gasteiger partial charge on any atom is 0.221 e. The molecular weight excluding hydrogens is 228 g/mol. The molecule has 4 heteroatoms. The molecule has 1 fully saturated rings. The zero-order valence-electron chi connectivity index (χ0n) is 11.4. The zero-order valence-corrected chi connectivity index (χ0v) is 11.4. The molecule has 0 aromatic heterocycles. The number of ether oxygens (including phenoxy) is 1. The largest absolute Gasteiger partial charge is 0.382 e. The van der Waals surface area contributed by atoms with Crippen molar-refractivity contribution < 1.29 is 9.53 Å². The summed E-state index contributed by atoms with van der Waals surface area (Å²) in [7, 11) is 1.64. The van der Waals surface area contributed by atoms with E-state index in [1.807, 2.05) is 6.92 Å². The molecule has 1 aliphatic rings. The second kappa shape index (κ2) is 8.10. The van der Waals surface area contributed by atoms with E-state index >= 15 is 0 Å². The van der Waals surface area contributed by atoms with E-state index in [1.165, 1.54) is 19.3 Å². The molecule has 18 heavy (non-hydrogen) atoms. The van der Waals surface area contributed by atoms with Crippen LogP contribution in [0, 0.1) is 17.2 Å². The molecule has 2 unspecified atom stereocenters. The van der Waals surface area contributed by atoms with E-state index in [4.69, 9.17) is 10.00 Å². The maximum atomic E-state index is 11.8. The van der Waals surface area contributed by atoms with Gasteiger partial charge in [0.25, 0.3) is 0 Å². The molecule has 1 N–H and O–H groups in total. The third kappa shape index (κ3) is 5.05. The van der Waals surface area contributed by atoms with E-state index in [1.54, 1.807) is 7.11 Å². The summed E-state index contributed by atoms with van der Waals surface area (Å²) in [5.41, 5.74) is 0. The second-order valence-corrected chi connectivity index (χ2v) is 5.16. The van der Waals surface area contributed by atoms with Gasteiger partial charge in [0.15, 0.2) is 0 Å². The minimum atomic E-state index is -0.310. The highest BCUT2D eigenvalue weighted by Gasteiger charge is 2.24. The Morgan fingerprint density at radius 3 is 2.67 bits per heavy atom. The van der Waals surface area contributed by atoms with Crippen molar-refractivity contribution in [3.63, 3.8) is 0 Å². The van der Waals surface area contributed by atoms with Crippen LogP contribution in [0.2, 0.25) is 0 Å². The van der Waals surface area contributed by atoms with Crippen LogP contribution in [-0.2, 0) is 9.53 Å². The molecule has 102 valence electrons. The predicted molar refractivity (Wildman–Crippen MR) is 69.8 cm³/mol. The highest BCUT2D eigenvalue weighted by molar-refractivity contribution is 5.76. The van der Waals surface area contributed by atoms with Crippen LogP contribution in [0.4, 0.5) is 0 Å². The van der Waals surface area contributed by atoms with Crippen molar-refractivity contribution in [2.45, 2.75) is 64.0 Å². The van der Waals surface area contributed by atoms with E-state index in [-0.39, 0.29) is 18.1 Å². The van der Waals surface area contributed by atoms with Gasteiger partial charge < -0.3 is 10.1 Å². The Hall–Kier alpha value is -1.08. The number of nitriles is 1. The number of rotatable bonds is 6. The lowest BCUT2D eigenvalue weighted by molar-refractivity contribution is -0.122. The summed E-state index contributed by atoms with van der Waals surface area (Å²) in [6.45, 7) is 1.94. The van der Waals surface area contributed by atoms with Crippen molar-refractivity contribution in [3.05, 3.63) is 0 Å². The first kappa shape index (κ1) is 15.0. The van der Waals surface area contributed by atoms with Crippen molar-refractivity contribution in [2.75, 3.05) is 7.11 Å². The molecule has 1 aliphatic carbocycles. The summed E-state index contributed by atoms with van der Waals surface area (Å²) in [4.78, 5) is 11.8. The van der Waals surface area contributed by atoms with Gasteiger partial charge in [-0.15, -0.1) is 0 Å². The van der Waals surface area contributed by atoms with E-state index in [0.29, 0.717) is 18.8 Å². The fraction of sp³-hybridized carbons (Fsp3) is 0.857. The van der Waals surface area contributed by atoms with Crippen LogP contribution in [-0.4, -0.2) is 25.2 Å². The molecule has 0 radical (unpaired) electrons. The van der Waals surface area contributed by atoms with E-state index in [9.17, 15) is 4.79 Å². The summed E-state index contributed by atoms with van der Waals surface area (Å²) in [6, 6.07) is 1.93. The van der Waals surface area contributed by atoms with Crippen LogP contribution in [0.15, 0.2) is 0 Å². The number of nitrogens with one attached hydrogen (secondary N) is 1. The lowest BCUT2D eigenvalue weighted by Gasteiger charge is -2.26. The van der Waals surface area contributed by atoms with Crippen LogP contribution in [0.25, 0.3) is 0 Å². The molecule has 1 saturated carbocycles. The third-order valence-corrected chi connectivity index (χ3v) is 3.76. The molecule has 0 aromatic rings. The first-order valence-corrected chi connectivity index (χ1v) is 6.89. The summed E-state index contributed by atoms with van der Waals surface area (Å²) < 4.78 is 5.10. The second-order valence-electron chi connectivity index (χ2n) is 5.16. The van der Waals surface area contributed by atoms with Gasteiger partial charge in [-0.1, -0.05) is 19.3 Å². The number of hydrogen-bond donors (Lipinski definition) is 1. The number of carbonyl (C=O) groups is 1. The van der Waals surface area contributed by atoms with E-state index in [0.717, 1.165) is 12.8 Å².